The number of methoxy groups -OCH3 is 1. The standard InChI is InChI=1S/C19H15Cl2N3O4S/c1-26-18(25)16(24-27-2)13-6-4-3-5-11(13)10-29-19-23-22-17(28-19)14-8-7-12(20)9-15(14)21/h3-9H,10H2,1-2H3/b24-16+. The number of carbonyl (C=O) groups is 1. The van der Waals surface area contributed by atoms with Crippen molar-refractivity contribution in [1.82, 2.24) is 10.2 Å². The molecule has 3 rings (SSSR count). The lowest BCUT2D eigenvalue weighted by Gasteiger charge is -2.09. The molecule has 7 nitrogen and oxygen atoms in total. The van der Waals surface area contributed by atoms with Crippen molar-refractivity contribution in [2.45, 2.75) is 11.0 Å². The third-order valence-corrected chi connectivity index (χ3v) is 5.17. The molecule has 3 aromatic rings. The summed E-state index contributed by atoms with van der Waals surface area (Å²) in [7, 11) is 2.65. The van der Waals surface area contributed by atoms with E-state index in [9.17, 15) is 4.79 Å². The Hall–Kier alpha value is -2.55. The number of benzene rings is 2. The van der Waals surface area contributed by atoms with Crippen LogP contribution < -0.4 is 0 Å². The van der Waals surface area contributed by atoms with E-state index in [1.807, 2.05) is 12.1 Å². The second-order valence-corrected chi connectivity index (χ2v) is 7.33. The molecule has 0 unspecified atom stereocenters. The Bertz CT molecular complexity index is 1060. The van der Waals surface area contributed by atoms with E-state index in [2.05, 4.69) is 15.4 Å². The van der Waals surface area contributed by atoms with Crippen molar-refractivity contribution in [3.05, 3.63) is 63.6 Å². The Morgan fingerprint density at radius 3 is 2.69 bits per heavy atom. The minimum atomic E-state index is -0.596. The Balaban J connectivity index is 1.80. The van der Waals surface area contributed by atoms with Gasteiger partial charge in [0.1, 0.15) is 7.11 Å². The fourth-order valence-electron chi connectivity index (χ4n) is 2.44. The van der Waals surface area contributed by atoms with Gasteiger partial charge in [-0.1, -0.05) is 64.4 Å². The van der Waals surface area contributed by atoms with E-state index in [0.717, 1.165) is 5.56 Å². The highest BCUT2D eigenvalue weighted by molar-refractivity contribution is 7.98. The summed E-state index contributed by atoms with van der Waals surface area (Å²) in [4.78, 5) is 16.8. The number of hydrogen-bond acceptors (Lipinski definition) is 8. The van der Waals surface area contributed by atoms with Gasteiger partial charge in [-0.25, -0.2) is 4.79 Å². The van der Waals surface area contributed by atoms with E-state index in [1.54, 1.807) is 30.3 Å². The molecule has 1 heterocycles. The predicted octanol–water partition coefficient (Wildman–Crippen LogP) is 4.86. The van der Waals surface area contributed by atoms with Crippen LogP contribution in [0, 0.1) is 0 Å². The molecule has 0 saturated carbocycles. The van der Waals surface area contributed by atoms with Crippen LogP contribution in [0.4, 0.5) is 0 Å². The van der Waals surface area contributed by atoms with Crippen LogP contribution in [0.1, 0.15) is 11.1 Å². The lowest BCUT2D eigenvalue weighted by Crippen LogP contribution is -2.19. The first kappa shape index (κ1) is 21.2. The third kappa shape index (κ3) is 5.09. The maximum Gasteiger partial charge on any atom is 0.360 e. The molecule has 0 N–H and O–H groups in total. The van der Waals surface area contributed by atoms with Crippen LogP contribution in [0.15, 0.2) is 57.3 Å². The van der Waals surface area contributed by atoms with Crippen molar-refractivity contribution in [3.8, 4) is 11.5 Å². The molecule has 0 radical (unpaired) electrons. The van der Waals surface area contributed by atoms with Gasteiger partial charge in [-0.2, -0.15) is 0 Å². The summed E-state index contributed by atoms with van der Waals surface area (Å²) in [5.41, 5.74) is 2.08. The highest BCUT2D eigenvalue weighted by Crippen LogP contribution is 2.32. The number of oxime groups is 1. The van der Waals surface area contributed by atoms with Crippen LogP contribution in [0.5, 0.6) is 0 Å². The van der Waals surface area contributed by atoms with Crippen LogP contribution in [0.25, 0.3) is 11.5 Å². The van der Waals surface area contributed by atoms with Crippen LogP contribution in [0.2, 0.25) is 10.0 Å². The van der Waals surface area contributed by atoms with Crippen molar-refractivity contribution in [2.24, 2.45) is 5.16 Å². The molecule has 0 amide bonds. The molecule has 10 heteroatoms. The molecular formula is C19H15Cl2N3O4S. The van der Waals surface area contributed by atoms with Crippen LogP contribution in [-0.4, -0.2) is 36.1 Å². The zero-order chi connectivity index (χ0) is 20.8. The number of thioether (sulfide) groups is 1. The van der Waals surface area contributed by atoms with E-state index in [-0.39, 0.29) is 5.71 Å². The van der Waals surface area contributed by atoms with Gasteiger partial charge in [0.15, 0.2) is 5.71 Å². The number of rotatable bonds is 7. The zero-order valence-electron chi connectivity index (χ0n) is 15.4. The Morgan fingerprint density at radius 2 is 1.97 bits per heavy atom. The molecule has 0 spiro atoms. The number of halogens is 2. The quantitative estimate of drug-likeness (QED) is 0.219. The van der Waals surface area contributed by atoms with Crippen molar-refractivity contribution in [2.75, 3.05) is 14.2 Å². The smallest absolute Gasteiger partial charge is 0.360 e. The lowest BCUT2D eigenvalue weighted by atomic mass is 10.0. The average Bonchev–Trinajstić information content (AvgIpc) is 3.19. The summed E-state index contributed by atoms with van der Waals surface area (Å²) in [5, 5.41) is 13.2. The maximum atomic E-state index is 12.0. The molecule has 2 aromatic carbocycles. The Labute approximate surface area is 181 Å². The van der Waals surface area contributed by atoms with E-state index in [0.29, 0.717) is 38.0 Å². The normalized spacial score (nSPS) is 11.4. The molecule has 0 aliphatic rings. The number of aromatic nitrogens is 2. The molecule has 150 valence electrons. The number of ether oxygens (including phenoxy) is 1. The van der Waals surface area contributed by atoms with E-state index in [4.69, 9.17) is 37.2 Å². The summed E-state index contributed by atoms with van der Waals surface area (Å²) in [6, 6.07) is 12.3. The van der Waals surface area contributed by atoms with E-state index in [1.165, 1.54) is 26.0 Å². The van der Waals surface area contributed by atoms with Gasteiger partial charge in [-0.3, -0.25) is 0 Å². The first-order valence-electron chi connectivity index (χ1n) is 8.23. The molecule has 29 heavy (non-hydrogen) atoms. The minimum absolute atomic E-state index is 0.0744. The maximum absolute atomic E-state index is 12.0. The fraction of sp³-hybridized carbons (Fsp3) is 0.158. The molecule has 0 saturated heterocycles. The molecule has 0 aliphatic carbocycles. The second-order valence-electron chi connectivity index (χ2n) is 5.56. The highest BCUT2D eigenvalue weighted by atomic mass is 35.5. The topological polar surface area (TPSA) is 86.8 Å². The lowest BCUT2D eigenvalue weighted by molar-refractivity contribution is -0.132. The molecule has 0 bridgehead atoms. The van der Waals surface area contributed by atoms with Crippen molar-refractivity contribution < 1.29 is 18.8 Å². The summed E-state index contributed by atoms with van der Waals surface area (Å²) >= 11 is 13.4. The number of hydrogen-bond donors (Lipinski definition) is 0. The van der Waals surface area contributed by atoms with Gasteiger partial charge in [0.2, 0.25) is 5.89 Å². The third-order valence-electron chi connectivity index (χ3n) is 3.75. The van der Waals surface area contributed by atoms with Crippen LogP contribution in [0.3, 0.4) is 0 Å². The molecule has 0 fully saturated rings. The van der Waals surface area contributed by atoms with Gasteiger partial charge < -0.3 is 14.0 Å². The predicted molar refractivity (Wildman–Crippen MR) is 111 cm³/mol. The Kier molecular flexibility index (Phi) is 7.13. The Morgan fingerprint density at radius 1 is 1.17 bits per heavy atom. The SMILES string of the molecule is CO/N=C(/C(=O)OC)c1ccccc1CSc1nnc(-c2ccc(Cl)cc2Cl)o1. The summed E-state index contributed by atoms with van der Waals surface area (Å²) < 4.78 is 10.5. The van der Waals surface area contributed by atoms with Crippen molar-refractivity contribution in [1.29, 1.82) is 0 Å². The number of nitrogens with zero attached hydrogens (tertiary/aromatic N) is 3. The minimum Gasteiger partial charge on any atom is -0.464 e. The van der Waals surface area contributed by atoms with E-state index >= 15 is 0 Å². The van der Waals surface area contributed by atoms with E-state index < -0.39 is 5.97 Å². The van der Waals surface area contributed by atoms with Crippen LogP contribution in [-0.2, 0) is 20.1 Å². The first-order valence-corrected chi connectivity index (χ1v) is 9.97. The first-order chi connectivity index (χ1) is 14.0. The largest absolute Gasteiger partial charge is 0.464 e. The monoisotopic (exact) mass is 451 g/mol. The molecule has 0 aliphatic heterocycles. The number of carbonyl (C=O) groups excluding carboxylic acids is 1. The second kappa shape index (κ2) is 9.78. The van der Waals surface area contributed by atoms with Crippen LogP contribution >= 0.6 is 35.0 Å². The van der Waals surface area contributed by atoms with Gasteiger partial charge >= 0.3 is 5.97 Å². The van der Waals surface area contributed by atoms with Gasteiger partial charge in [0, 0.05) is 16.3 Å². The number of esters is 1. The van der Waals surface area contributed by atoms with Gasteiger partial charge in [0.05, 0.1) is 17.7 Å². The summed E-state index contributed by atoms with van der Waals surface area (Å²) in [5.74, 6) is 0.145. The fourth-order valence-corrected chi connectivity index (χ4v) is 3.70. The average molecular weight is 452 g/mol. The molecule has 0 atom stereocenters. The highest BCUT2D eigenvalue weighted by Gasteiger charge is 2.20. The van der Waals surface area contributed by atoms with Crippen molar-refractivity contribution >= 4 is 46.6 Å². The van der Waals surface area contributed by atoms with Gasteiger partial charge in [-0.15, -0.1) is 10.2 Å². The summed E-state index contributed by atoms with van der Waals surface area (Å²) in [6.45, 7) is 0. The van der Waals surface area contributed by atoms with Gasteiger partial charge in [-0.05, 0) is 23.8 Å². The van der Waals surface area contributed by atoms with Gasteiger partial charge in [0.25, 0.3) is 5.22 Å². The summed E-state index contributed by atoms with van der Waals surface area (Å²) in [6.07, 6.45) is 0. The zero-order valence-corrected chi connectivity index (χ0v) is 17.7. The molecule has 1 aromatic heterocycles. The molecular weight excluding hydrogens is 437 g/mol. The van der Waals surface area contributed by atoms with Crippen molar-refractivity contribution in [3.63, 3.8) is 0 Å².